The summed E-state index contributed by atoms with van der Waals surface area (Å²) in [5.74, 6) is 1.49. The van der Waals surface area contributed by atoms with E-state index in [4.69, 9.17) is 0 Å². The third-order valence-corrected chi connectivity index (χ3v) is 4.32. The number of hydrogen-bond donors (Lipinski definition) is 2. The molecule has 0 aliphatic carbocycles. The first-order chi connectivity index (χ1) is 11.1. The molecule has 0 bridgehead atoms. The molecule has 2 heterocycles. The Morgan fingerprint density at radius 3 is 2.96 bits per heavy atom. The number of aryl methyl sites for hydroxylation is 1. The third-order valence-electron chi connectivity index (χ3n) is 4.32. The first-order valence-electron chi connectivity index (χ1n) is 8.31. The summed E-state index contributed by atoms with van der Waals surface area (Å²) in [5.41, 5.74) is 0. The van der Waals surface area contributed by atoms with Crippen LogP contribution in [0.2, 0.25) is 0 Å². The zero-order chi connectivity index (χ0) is 16.7. The predicted molar refractivity (Wildman–Crippen MR) is 88.0 cm³/mol. The molecule has 0 spiro atoms. The number of piperidine rings is 1. The molecule has 0 aromatic carbocycles. The van der Waals surface area contributed by atoms with Gasteiger partial charge in [-0.3, -0.25) is 4.79 Å². The number of imidazole rings is 1. The summed E-state index contributed by atoms with van der Waals surface area (Å²) in [6.45, 7) is 5.03. The molecule has 1 atom stereocenters. The van der Waals surface area contributed by atoms with Crippen molar-refractivity contribution < 1.29 is 9.59 Å². The number of likely N-dealkylation sites (tertiary alicyclic amines) is 1. The molecule has 2 rings (SSSR count). The first-order valence-corrected chi connectivity index (χ1v) is 8.31. The minimum absolute atomic E-state index is 0.00740. The molecule has 1 aromatic heterocycles. The molecule has 1 aliphatic rings. The molecule has 7 nitrogen and oxygen atoms in total. The summed E-state index contributed by atoms with van der Waals surface area (Å²) in [6.07, 6.45) is 7.08. The van der Waals surface area contributed by atoms with Crippen LogP contribution in [0.3, 0.4) is 0 Å². The van der Waals surface area contributed by atoms with E-state index in [2.05, 4.69) is 20.2 Å². The zero-order valence-electron chi connectivity index (χ0n) is 14.0. The van der Waals surface area contributed by atoms with Crippen molar-refractivity contribution in [2.75, 3.05) is 26.7 Å². The topological polar surface area (TPSA) is 79.3 Å². The van der Waals surface area contributed by atoms with E-state index in [1.165, 1.54) is 0 Å². The predicted octanol–water partition coefficient (Wildman–Crippen LogP) is 1.14. The summed E-state index contributed by atoms with van der Waals surface area (Å²) in [6, 6.07) is -0.0195. The monoisotopic (exact) mass is 321 g/mol. The number of nitrogens with zero attached hydrogens (tertiary/aromatic N) is 3. The summed E-state index contributed by atoms with van der Waals surface area (Å²) in [7, 11) is 1.62. The van der Waals surface area contributed by atoms with Crippen LogP contribution in [0.15, 0.2) is 12.4 Å². The molecule has 1 aliphatic heterocycles. The van der Waals surface area contributed by atoms with E-state index >= 15 is 0 Å². The van der Waals surface area contributed by atoms with E-state index in [9.17, 15) is 9.59 Å². The number of carbonyl (C=O) groups is 2. The SMILES string of the molecule is CNC(=O)CCCNC(=O)N1CCC[C@H](Cn2ccnc2C)C1. The van der Waals surface area contributed by atoms with Gasteiger partial charge in [-0.25, -0.2) is 9.78 Å². The highest BCUT2D eigenvalue weighted by atomic mass is 16.2. The molecule has 0 radical (unpaired) electrons. The van der Waals surface area contributed by atoms with E-state index in [1.807, 2.05) is 24.2 Å². The second-order valence-corrected chi connectivity index (χ2v) is 6.09. The van der Waals surface area contributed by atoms with Crippen molar-refractivity contribution in [2.45, 2.75) is 39.2 Å². The Hall–Kier alpha value is -2.05. The van der Waals surface area contributed by atoms with Crippen molar-refractivity contribution in [3.05, 3.63) is 18.2 Å². The van der Waals surface area contributed by atoms with Gasteiger partial charge in [0, 0.05) is 52.0 Å². The summed E-state index contributed by atoms with van der Waals surface area (Å²) >= 11 is 0. The molecule has 2 N–H and O–H groups in total. The molecule has 23 heavy (non-hydrogen) atoms. The van der Waals surface area contributed by atoms with Gasteiger partial charge < -0.3 is 20.1 Å². The number of rotatable bonds is 6. The Labute approximate surface area is 137 Å². The Morgan fingerprint density at radius 1 is 1.43 bits per heavy atom. The number of aromatic nitrogens is 2. The number of carbonyl (C=O) groups excluding carboxylic acids is 2. The fourth-order valence-electron chi connectivity index (χ4n) is 2.95. The lowest BCUT2D eigenvalue weighted by Gasteiger charge is -2.33. The van der Waals surface area contributed by atoms with E-state index in [0.29, 0.717) is 25.3 Å². The van der Waals surface area contributed by atoms with Crippen LogP contribution < -0.4 is 10.6 Å². The summed E-state index contributed by atoms with van der Waals surface area (Å²) in [4.78, 5) is 29.5. The largest absolute Gasteiger partial charge is 0.359 e. The lowest BCUT2D eigenvalue weighted by atomic mass is 9.98. The van der Waals surface area contributed by atoms with Crippen LogP contribution in [0.5, 0.6) is 0 Å². The minimum Gasteiger partial charge on any atom is -0.359 e. The van der Waals surface area contributed by atoms with E-state index in [1.54, 1.807) is 7.05 Å². The molecule has 1 aromatic rings. The lowest BCUT2D eigenvalue weighted by molar-refractivity contribution is -0.120. The minimum atomic E-state index is -0.0195. The van der Waals surface area contributed by atoms with Crippen molar-refractivity contribution in [3.8, 4) is 0 Å². The molecule has 0 unspecified atom stereocenters. The highest BCUT2D eigenvalue weighted by Gasteiger charge is 2.23. The molecule has 128 valence electrons. The normalized spacial score (nSPS) is 17.8. The standard InChI is InChI=1S/C16H27N5O2/c1-13-18-8-10-20(13)11-14-5-4-9-21(12-14)16(23)19-7-3-6-15(22)17-2/h8,10,14H,3-7,9,11-12H2,1-2H3,(H,17,22)(H,19,23)/t14-/m1/s1. The Balaban J connectivity index is 1.73. The molecule has 7 heteroatoms. The van der Waals surface area contributed by atoms with Crippen LogP contribution in [-0.4, -0.2) is 53.1 Å². The van der Waals surface area contributed by atoms with Gasteiger partial charge in [0.2, 0.25) is 5.91 Å². The van der Waals surface area contributed by atoms with Crippen LogP contribution in [0.4, 0.5) is 4.79 Å². The molecule has 1 saturated heterocycles. The van der Waals surface area contributed by atoms with Crippen molar-refractivity contribution in [3.63, 3.8) is 0 Å². The van der Waals surface area contributed by atoms with Crippen LogP contribution in [0.25, 0.3) is 0 Å². The van der Waals surface area contributed by atoms with Gasteiger partial charge in [0.25, 0.3) is 0 Å². The third kappa shape index (κ3) is 5.26. The van der Waals surface area contributed by atoms with Crippen molar-refractivity contribution in [1.82, 2.24) is 25.1 Å². The van der Waals surface area contributed by atoms with Gasteiger partial charge in [0.05, 0.1) is 0 Å². The second kappa shape index (κ2) is 8.55. The van der Waals surface area contributed by atoms with Crippen LogP contribution >= 0.6 is 0 Å². The lowest BCUT2D eigenvalue weighted by Crippen LogP contribution is -2.46. The number of amides is 3. The summed E-state index contributed by atoms with van der Waals surface area (Å²) < 4.78 is 2.15. The average molecular weight is 321 g/mol. The van der Waals surface area contributed by atoms with E-state index in [-0.39, 0.29) is 11.9 Å². The van der Waals surface area contributed by atoms with Gasteiger partial charge in [0.15, 0.2) is 0 Å². The van der Waals surface area contributed by atoms with Crippen LogP contribution in [-0.2, 0) is 11.3 Å². The number of nitrogens with one attached hydrogen (secondary N) is 2. The van der Waals surface area contributed by atoms with E-state index in [0.717, 1.165) is 38.3 Å². The van der Waals surface area contributed by atoms with Gasteiger partial charge in [-0.15, -0.1) is 0 Å². The molecule has 1 fully saturated rings. The fourth-order valence-corrected chi connectivity index (χ4v) is 2.95. The first kappa shape index (κ1) is 17.3. The van der Waals surface area contributed by atoms with Crippen molar-refractivity contribution in [2.24, 2.45) is 5.92 Å². The summed E-state index contributed by atoms with van der Waals surface area (Å²) in [5, 5.41) is 5.49. The fraction of sp³-hybridized carbons (Fsp3) is 0.688. The van der Waals surface area contributed by atoms with Crippen LogP contribution in [0.1, 0.15) is 31.5 Å². The van der Waals surface area contributed by atoms with Gasteiger partial charge in [-0.1, -0.05) is 0 Å². The van der Waals surface area contributed by atoms with E-state index < -0.39 is 0 Å². The van der Waals surface area contributed by atoms with Gasteiger partial charge in [-0.2, -0.15) is 0 Å². The molecular weight excluding hydrogens is 294 g/mol. The maximum Gasteiger partial charge on any atom is 0.317 e. The van der Waals surface area contributed by atoms with Gasteiger partial charge in [-0.05, 0) is 32.1 Å². The molecular formula is C16H27N5O2. The van der Waals surface area contributed by atoms with Gasteiger partial charge >= 0.3 is 6.03 Å². The second-order valence-electron chi connectivity index (χ2n) is 6.09. The van der Waals surface area contributed by atoms with Gasteiger partial charge in [0.1, 0.15) is 5.82 Å². The number of urea groups is 1. The molecule has 3 amide bonds. The quantitative estimate of drug-likeness (QED) is 0.771. The maximum absolute atomic E-state index is 12.2. The molecule has 0 saturated carbocycles. The van der Waals surface area contributed by atoms with Crippen molar-refractivity contribution >= 4 is 11.9 Å². The smallest absolute Gasteiger partial charge is 0.317 e. The highest BCUT2D eigenvalue weighted by molar-refractivity contribution is 5.76. The van der Waals surface area contributed by atoms with Crippen molar-refractivity contribution in [1.29, 1.82) is 0 Å². The average Bonchev–Trinajstić information content (AvgIpc) is 2.96. The Kier molecular flexibility index (Phi) is 6.43. The Bertz CT molecular complexity index is 528. The number of hydrogen-bond acceptors (Lipinski definition) is 3. The zero-order valence-corrected chi connectivity index (χ0v) is 14.0. The highest BCUT2D eigenvalue weighted by Crippen LogP contribution is 2.19. The maximum atomic E-state index is 12.2. The Morgan fingerprint density at radius 2 is 2.26 bits per heavy atom. The van der Waals surface area contributed by atoms with Crippen LogP contribution in [0, 0.1) is 12.8 Å².